The lowest BCUT2D eigenvalue weighted by Gasteiger charge is -2.36. The van der Waals surface area contributed by atoms with E-state index >= 15 is 4.39 Å². The molecule has 21 nitrogen and oxygen atoms in total. The number of carbonyl (C=O) groups excluding carboxylic acids is 5. The Bertz CT molecular complexity index is 5600. The highest BCUT2D eigenvalue weighted by Gasteiger charge is 2.33. The highest BCUT2D eigenvalue weighted by Crippen LogP contribution is 2.38. The lowest BCUT2D eigenvalue weighted by Crippen LogP contribution is -2.49. The molecule has 0 bridgehead atoms. The van der Waals surface area contributed by atoms with Gasteiger partial charge in [-0.3, -0.25) is 47.6 Å². The van der Waals surface area contributed by atoms with Crippen LogP contribution in [0, 0.1) is 50.6 Å². The highest BCUT2D eigenvalue weighted by molar-refractivity contribution is 6.08. The monoisotopic (exact) mass is 1640 g/mol. The van der Waals surface area contributed by atoms with Gasteiger partial charge >= 0.3 is 5.97 Å². The fraction of sp³-hybridized carbons (Fsp3) is 0.372. The number of ether oxygens (including phenoxy) is 1. The second kappa shape index (κ2) is 36.8. The van der Waals surface area contributed by atoms with Crippen molar-refractivity contribution in [2.75, 3.05) is 52.7 Å². The Kier molecular flexibility index (Phi) is 26.9. The van der Waals surface area contributed by atoms with Crippen molar-refractivity contribution in [1.29, 1.82) is 0 Å². The molecular formula is C94H109ClF3N15O6. The zero-order valence-corrected chi connectivity index (χ0v) is 71.6. The van der Waals surface area contributed by atoms with Gasteiger partial charge in [0.05, 0.1) is 44.4 Å². The summed E-state index contributed by atoms with van der Waals surface area (Å²) in [6.07, 6.45) is 12.4. The number of hydrogen-bond donors (Lipinski definition) is 2. The maximum absolute atomic E-state index is 15.3. The first kappa shape index (κ1) is 86.9. The van der Waals surface area contributed by atoms with Gasteiger partial charge in [0.15, 0.2) is 0 Å². The quantitative estimate of drug-likeness (QED) is 0.109. The predicted molar refractivity (Wildman–Crippen MR) is 462 cm³/mol. The molecule has 5 aliphatic rings. The molecule has 3 N–H and O–H groups in total. The Morgan fingerprint density at radius 2 is 0.807 bits per heavy atom. The summed E-state index contributed by atoms with van der Waals surface area (Å²) in [5, 5.41) is 20.9. The van der Waals surface area contributed by atoms with Crippen molar-refractivity contribution < 1.29 is 41.9 Å². The van der Waals surface area contributed by atoms with Crippen LogP contribution in [0.1, 0.15) is 198 Å². The van der Waals surface area contributed by atoms with Gasteiger partial charge in [0.1, 0.15) is 23.1 Å². The molecular weight excluding hydrogens is 1530 g/mol. The van der Waals surface area contributed by atoms with E-state index in [4.69, 9.17) is 10.5 Å². The van der Waals surface area contributed by atoms with Crippen molar-refractivity contribution >= 4 is 64.8 Å². The van der Waals surface area contributed by atoms with Gasteiger partial charge in [-0.05, 0) is 174 Å². The van der Waals surface area contributed by atoms with Crippen molar-refractivity contribution in [3.63, 3.8) is 0 Å². The molecule has 0 atom stereocenters. The van der Waals surface area contributed by atoms with Gasteiger partial charge in [0.25, 0.3) is 17.7 Å². The molecule has 0 saturated carbocycles. The van der Waals surface area contributed by atoms with Crippen LogP contribution >= 0.6 is 12.4 Å². The second-order valence-corrected chi connectivity index (χ2v) is 34.0. The van der Waals surface area contributed by atoms with Crippen LogP contribution in [0.4, 0.5) is 35.9 Å². The number of amides is 4. The van der Waals surface area contributed by atoms with E-state index in [0.717, 1.165) is 123 Å². The van der Waals surface area contributed by atoms with Crippen LogP contribution in [0.2, 0.25) is 0 Å². The van der Waals surface area contributed by atoms with Crippen LogP contribution in [-0.2, 0) is 114 Å². The van der Waals surface area contributed by atoms with Crippen molar-refractivity contribution in [2.24, 2.45) is 39.3 Å². The largest absolute Gasteiger partial charge is 0.460 e. The Balaban J connectivity index is 0.000000151. The average Bonchev–Trinajstić information content (AvgIpc) is 1.64. The van der Waals surface area contributed by atoms with Gasteiger partial charge in [-0.15, -0.1) is 12.4 Å². The summed E-state index contributed by atoms with van der Waals surface area (Å²) in [4.78, 5) is 74.9. The SMILES string of the molecule is Cc1ccc2c(c1)Cc1c(cnn1C)CN2.Cc1ccc2c(c1)Cc1c(cnn1C)CN2C(=O)c1ccc(CCC(=O)N2CCN(CCC(C)(C)C)CC2)c(F)c1.Cc1ccc2c(c1)Cc1c(cnn1C)CN2C(=O)c1ccc(CCC(=O)OC(C)(C)C)c(F)c1.Cc1ccc2c(c1)Cc1c(cnn1C)CN2C(=O)c1ccc(CN)c(F)c1.Cl. The number of aryl methyl sites for hydroxylation is 10. The third-order valence-corrected chi connectivity index (χ3v) is 22.7. The Labute approximate surface area is 701 Å². The molecule has 4 amide bonds. The number of fused-ring (bicyclic) bond motifs is 8. The maximum Gasteiger partial charge on any atom is 0.306 e. The van der Waals surface area contributed by atoms with Crippen LogP contribution in [-0.4, -0.2) is 117 Å². The number of anilines is 4. The molecule has 0 spiro atoms. The standard InChI is InChI=1S/C33H42FN5O2.C27H30FN3O3.C21H21FN4O.C13H15N3.ClH/c1-23-6-10-29-26(18-23)20-30-27(21-35-36(30)5)22-39(29)32(41)25-8-7-24(28(34)19-25)9-11-31(40)38-16-14-37(15-17-38)13-12-33(2,3)4;1-17-6-10-23-20(12-17)14-24-21(15-29-30(24)5)16-31(23)26(33)19-8-7-18(22(28)13-19)9-11-25(32)34-27(2,3)4;1-13-3-6-19-16(7-13)9-20-17(11-24-25(20)2)12-26(19)21(27)14-4-5-15(10-23)18(22)8-14;1-9-3-4-12-10(5-9)6-13-11(7-14-12)8-15-16(13)2;/h6-8,10,18-19,21H,9,11-17,20,22H2,1-5H3;6-8,10,12-13,15H,9,11,14,16H2,1-5H3;3-8,11H,9-10,12,23H2,1-2H3;3-5,8,14H,6-7H2,1-2H3;1H. The zero-order valence-electron chi connectivity index (χ0n) is 70.8. The summed E-state index contributed by atoms with van der Waals surface area (Å²) in [6, 6.07) is 38.3. The van der Waals surface area contributed by atoms with Gasteiger partial charge in [0, 0.05) is 196 Å². The normalized spacial score (nSPS) is 14.0. The number of hydrogen-bond acceptors (Lipinski definition) is 13. The molecule has 0 unspecified atom stereocenters. The van der Waals surface area contributed by atoms with Gasteiger partial charge in [0.2, 0.25) is 5.91 Å². The van der Waals surface area contributed by atoms with Crippen LogP contribution in [0.15, 0.2) is 152 Å². The number of esters is 1. The first-order chi connectivity index (χ1) is 56.2. The lowest BCUT2D eigenvalue weighted by atomic mass is 9.92. The first-order valence-corrected chi connectivity index (χ1v) is 40.6. The molecule has 5 aliphatic heterocycles. The van der Waals surface area contributed by atoms with Gasteiger partial charge in [-0.2, -0.15) is 20.4 Å². The van der Waals surface area contributed by atoms with Crippen LogP contribution in [0.25, 0.3) is 0 Å². The second-order valence-electron chi connectivity index (χ2n) is 34.0. The molecule has 119 heavy (non-hydrogen) atoms. The number of nitrogens with zero attached hydrogens (tertiary/aromatic N) is 13. The molecule has 4 aromatic heterocycles. The summed E-state index contributed by atoms with van der Waals surface area (Å²) in [6.45, 7) is 26.7. The number of aromatic nitrogens is 8. The van der Waals surface area contributed by atoms with Crippen molar-refractivity contribution in [3.05, 3.63) is 293 Å². The molecule has 0 radical (unpaired) electrons. The minimum Gasteiger partial charge on any atom is -0.460 e. The number of nitrogens with one attached hydrogen (secondary N) is 1. The number of carbonyl (C=O) groups is 5. The molecule has 7 aromatic carbocycles. The molecule has 0 aliphatic carbocycles. The fourth-order valence-electron chi connectivity index (χ4n) is 15.9. The van der Waals surface area contributed by atoms with Crippen LogP contribution in [0.5, 0.6) is 0 Å². The third kappa shape index (κ3) is 20.6. The number of nitrogens with two attached hydrogens (primary N) is 1. The molecule has 16 rings (SSSR count). The van der Waals surface area contributed by atoms with E-state index in [1.54, 1.807) is 90.5 Å². The van der Waals surface area contributed by atoms with Gasteiger partial charge < -0.3 is 35.4 Å². The van der Waals surface area contributed by atoms with Gasteiger partial charge in [-0.1, -0.05) is 110 Å². The van der Waals surface area contributed by atoms with E-state index < -0.39 is 23.1 Å². The number of benzene rings is 7. The summed E-state index contributed by atoms with van der Waals surface area (Å²) in [5.74, 6) is -2.49. The summed E-state index contributed by atoms with van der Waals surface area (Å²) in [7, 11) is 7.74. The summed E-state index contributed by atoms with van der Waals surface area (Å²) < 4.78 is 57.2. The lowest BCUT2D eigenvalue weighted by molar-refractivity contribution is -0.154. The van der Waals surface area contributed by atoms with E-state index in [9.17, 15) is 32.8 Å². The zero-order chi connectivity index (χ0) is 84.2. The minimum absolute atomic E-state index is 0. The van der Waals surface area contributed by atoms with Crippen LogP contribution in [0.3, 0.4) is 0 Å². The third-order valence-electron chi connectivity index (χ3n) is 22.7. The van der Waals surface area contributed by atoms with E-state index in [0.29, 0.717) is 91.6 Å². The summed E-state index contributed by atoms with van der Waals surface area (Å²) >= 11 is 0. The van der Waals surface area contributed by atoms with Crippen LogP contribution < -0.4 is 25.8 Å². The number of halogens is 4. The fourth-order valence-corrected chi connectivity index (χ4v) is 15.9. The van der Waals surface area contributed by atoms with E-state index in [-0.39, 0.29) is 73.4 Å². The Morgan fingerprint density at radius 1 is 0.445 bits per heavy atom. The van der Waals surface area contributed by atoms with E-state index in [2.05, 4.69) is 94.7 Å². The Hall–Kier alpha value is -11.5. The molecule has 9 heterocycles. The Morgan fingerprint density at radius 3 is 1.19 bits per heavy atom. The minimum atomic E-state index is -0.581. The first-order valence-electron chi connectivity index (χ1n) is 40.6. The highest BCUT2D eigenvalue weighted by atomic mass is 35.5. The summed E-state index contributed by atoms with van der Waals surface area (Å²) in [5.41, 5.74) is 29.1. The molecule has 624 valence electrons. The van der Waals surface area contributed by atoms with Gasteiger partial charge in [-0.25, -0.2) is 13.2 Å². The van der Waals surface area contributed by atoms with Crippen molar-refractivity contribution in [1.82, 2.24) is 48.9 Å². The molecule has 1 saturated heterocycles. The topological polar surface area (TPSA) is 220 Å². The molecule has 11 aromatic rings. The molecule has 25 heteroatoms. The van der Waals surface area contributed by atoms with E-state index in [1.807, 2.05) is 115 Å². The maximum atomic E-state index is 15.3. The van der Waals surface area contributed by atoms with E-state index in [1.165, 1.54) is 46.3 Å². The smallest absolute Gasteiger partial charge is 0.306 e. The number of rotatable bonds is 12. The van der Waals surface area contributed by atoms with Crippen molar-refractivity contribution in [3.8, 4) is 0 Å². The molecule has 1 fully saturated rings. The average molecular weight is 1640 g/mol. The predicted octanol–water partition coefficient (Wildman–Crippen LogP) is 15.8. The van der Waals surface area contributed by atoms with Crippen molar-refractivity contribution in [2.45, 2.75) is 165 Å². The number of piperazine rings is 1.